The molecular weight excluding hydrogens is 440 g/mol. The van der Waals surface area contributed by atoms with Gasteiger partial charge in [-0.15, -0.1) is 0 Å². The lowest BCUT2D eigenvalue weighted by atomic mass is 10.1. The van der Waals surface area contributed by atoms with E-state index < -0.39 is 11.9 Å². The van der Waals surface area contributed by atoms with Gasteiger partial charge in [-0.3, -0.25) is 0 Å². The first kappa shape index (κ1) is 24.4. The summed E-state index contributed by atoms with van der Waals surface area (Å²) in [6, 6.07) is 16.9. The molecule has 0 radical (unpaired) electrons. The topological polar surface area (TPSA) is 89.5 Å². The predicted molar refractivity (Wildman–Crippen MR) is 124 cm³/mol. The zero-order valence-corrected chi connectivity index (χ0v) is 19.5. The van der Waals surface area contributed by atoms with Crippen LogP contribution in [0.25, 0.3) is 0 Å². The molecule has 0 bridgehead atoms. The Bertz CT molecular complexity index is 1050. The van der Waals surface area contributed by atoms with Crippen molar-refractivity contribution in [2.24, 2.45) is 0 Å². The largest absolute Gasteiger partial charge is 0.493 e. The molecule has 0 heterocycles. The lowest BCUT2D eigenvalue weighted by Gasteiger charge is -2.11. The maximum atomic E-state index is 12.4. The Morgan fingerprint density at radius 1 is 0.529 bits per heavy atom. The summed E-state index contributed by atoms with van der Waals surface area (Å²) in [6.07, 6.45) is 0. The van der Waals surface area contributed by atoms with E-state index in [1.165, 1.54) is 28.4 Å². The summed E-state index contributed by atoms with van der Waals surface area (Å²) in [4.78, 5) is 24.7. The van der Waals surface area contributed by atoms with E-state index in [0.717, 1.165) is 11.1 Å². The Balaban J connectivity index is 1.53. The van der Waals surface area contributed by atoms with Crippen LogP contribution in [-0.2, 0) is 22.7 Å². The van der Waals surface area contributed by atoms with Crippen LogP contribution in [0, 0.1) is 0 Å². The minimum atomic E-state index is -0.478. The summed E-state index contributed by atoms with van der Waals surface area (Å²) in [5.74, 6) is 0.999. The molecule has 34 heavy (non-hydrogen) atoms. The number of carbonyl (C=O) groups is 2. The van der Waals surface area contributed by atoms with E-state index in [1.807, 2.05) is 24.3 Å². The normalized spacial score (nSPS) is 10.2. The summed E-state index contributed by atoms with van der Waals surface area (Å²) in [5, 5.41) is 0. The second-order valence-electron chi connectivity index (χ2n) is 7.11. The molecule has 0 aliphatic heterocycles. The molecule has 0 N–H and O–H groups in total. The molecule has 0 aromatic heterocycles. The van der Waals surface area contributed by atoms with Gasteiger partial charge in [-0.05, 0) is 47.5 Å². The number of hydrogen-bond donors (Lipinski definition) is 0. The highest BCUT2D eigenvalue weighted by Gasteiger charge is 2.14. The maximum absolute atomic E-state index is 12.4. The highest BCUT2D eigenvalue weighted by molar-refractivity contribution is 5.90. The second kappa shape index (κ2) is 11.6. The third-order valence-corrected chi connectivity index (χ3v) is 5.00. The second-order valence-corrected chi connectivity index (χ2v) is 7.11. The molecule has 3 rings (SSSR count). The molecule has 0 unspecified atom stereocenters. The van der Waals surface area contributed by atoms with Crippen LogP contribution in [0.1, 0.15) is 31.8 Å². The first-order chi connectivity index (χ1) is 16.5. The third kappa shape index (κ3) is 5.98. The van der Waals surface area contributed by atoms with E-state index in [1.54, 1.807) is 36.4 Å². The van der Waals surface area contributed by atoms with Gasteiger partial charge in [0.15, 0.2) is 23.0 Å². The molecule has 178 valence electrons. The van der Waals surface area contributed by atoms with Gasteiger partial charge in [0.25, 0.3) is 0 Å². The van der Waals surface area contributed by atoms with Gasteiger partial charge in [-0.25, -0.2) is 9.59 Å². The zero-order valence-electron chi connectivity index (χ0n) is 19.5. The molecule has 0 aliphatic rings. The van der Waals surface area contributed by atoms with Gasteiger partial charge in [-0.1, -0.05) is 24.3 Å². The monoisotopic (exact) mass is 466 g/mol. The number of benzene rings is 3. The lowest BCUT2D eigenvalue weighted by molar-refractivity contribution is 0.0460. The molecule has 0 spiro atoms. The van der Waals surface area contributed by atoms with Crippen molar-refractivity contribution in [3.63, 3.8) is 0 Å². The van der Waals surface area contributed by atoms with Gasteiger partial charge in [0.2, 0.25) is 0 Å². The fraction of sp³-hybridized carbons (Fsp3) is 0.231. The van der Waals surface area contributed by atoms with E-state index in [4.69, 9.17) is 28.4 Å². The number of rotatable bonds is 10. The van der Waals surface area contributed by atoms with E-state index in [9.17, 15) is 9.59 Å². The Labute approximate surface area is 197 Å². The average molecular weight is 466 g/mol. The molecular formula is C26H26O8. The summed E-state index contributed by atoms with van der Waals surface area (Å²) in [6.45, 7) is 0.192. The van der Waals surface area contributed by atoms with E-state index >= 15 is 0 Å². The molecule has 8 nitrogen and oxygen atoms in total. The Morgan fingerprint density at radius 2 is 0.882 bits per heavy atom. The van der Waals surface area contributed by atoms with Crippen LogP contribution in [0.2, 0.25) is 0 Å². The molecule has 8 heteroatoms. The van der Waals surface area contributed by atoms with Crippen LogP contribution in [0.3, 0.4) is 0 Å². The highest BCUT2D eigenvalue weighted by atomic mass is 16.5. The molecule has 0 fully saturated rings. The summed E-state index contributed by atoms with van der Waals surface area (Å²) >= 11 is 0. The van der Waals surface area contributed by atoms with Crippen LogP contribution in [0.4, 0.5) is 0 Å². The van der Waals surface area contributed by atoms with Crippen LogP contribution < -0.4 is 18.9 Å². The van der Waals surface area contributed by atoms with E-state index in [2.05, 4.69) is 0 Å². The fourth-order valence-corrected chi connectivity index (χ4v) is 3.12. The van der Waals surface area contributed by atoms with Gasteiger partial charge in [0.1, 0.15) is 13.2 Å². The summed E-state index contributed by atoms with van der Waals surface area (Å²) < 4.78 is 31.5. The first-order valence-corrected chi connectivity index (χ1v) is 10.3. The third-order valence-electron chi connectivity index (χ3n) is 5.00. The van der Waals surface area contributed by atoms with Crippen LogP contribution in [0.15, 0.2) is 60.7 Å². The standard InChI is InChI=1S/C26H26O8/c1-29-21-11-9-19(13-23(21)31-3)25(27)33-15-17-5-7-18(8-6-17)16-34-26(28)20-10-12-22(30-2)24(14-20)32-4/h5-14H,15-16H2,1-4H3. The quantitative estimate of drug-likeness (QED) is 0.405. The number of esters is 2. The van der Waals surface area contributed by atoms with Crippen LogP contribution in [0.5, 0.6) is 23.0 Å². The van der Waals surface area contributed by atoms with Gasteiger partial charge in [0, 0.05) is 0 Å². The average Bonchev–Trinajstić information content (AvgIpc) is 2.89. The Kier molecular flexibility index (Phi) is 8.34. The molecule has 0 saturated heterocycles. The molecule has 0 aliphatic carbocycles. The SMILES string of the molecule is COc1ccc(C(=O)OCc2ccc(COC(=O)c3ccc(OC)c(OC)c3)cc2)cc1OC. The smallest absolute Gasteiger partial charge is 0.338 e. The van der Waals surface area contributed by atoms with Crippen molar-refractivity contribution in [3.8, 4) is 23.0 Å². The van der Waals surface area contributed by atoms with Crippen molar-refractivity contribution in [2.45, 2.75) is 13.2 Å². The first-order valence-electron chi connectivity index (χ1n) is 10.3. The molecule has 0 amide bonds. The van der Waals surface area contributed by atoms with Crippen molar-refractivity contribution in [2.75, 3.05) is 28.4 Å². The Hall–Kier alpha value is -4.20. The fourth-order valence-electron chi connectivity index (χ4n) is 3.12. The number of ether oxygens (including phenoxy) is 6. The Morgan fingerprint density at radius 3 is 1.21 bits per heavy atom. The van der Waals surface area contributed by atoms with E-state index in [0.29, 0.717) is 34.1 Å². The summed E-state index contributed by atoms with van der Waals surface area (Å²) in [5.41, 5.74) is 2.31. The minimum Gasteiger partial charge on any atom is -0.493 e. The predicted octanol–water partition coefficient (Wildman–Crippen LogP) is 4.44. The van der Waals surface area contributed by atoms with Crippen molar-refractivity contribution in [1.29, 1.82) is 0 Å². The van der Waals surface area contributed by atoms with Crippen LogP contribution >= 0.6 is 0 Å². The van der Waals surface area contributed by atoms with Gasteiger partial charge in [-0.2, -0.15) is 0 Å². The maximum Gasteiger partial charge on any atom is 0.338 e. The molecule has 3 aromatic carbocycles. The van der Waals surface area contributed by atoms with E-state index in [-0.39, 0.29) is 13.2 Å². The van der Waals surface area contributed by atoms with Gasteiger partial charge >= 0.3 is 11.9 Å². The van der Waals surface area contributed by atoms with Gasteiger partial charge < -0.3 is 28.4 Å². The number of carbonyl (C=O) groups excluding carboxylic acids is 2. The van der Waals surface area contributed by atoms with Crippen LogP contribution in [-0.4, -0.2) is 40.4 Å². The molecule has 3 aromatic rings. The lowest BCUT2D eigenvalue weighted by Crippen LogP contribution is -2.07. The van der Waals surface area contributed by atoms with Gasteiger partial charge in [0.05, 0.1) is 39.6 Å². The van der Waals surface area contributed by atoms with Crippen molar-refractivity contribution < 1.29 is 38.0 Å². The summed E-state index contributed by atoms with van der Waals surface area (Å²) in [7, 11) is 6.05. The zero-order chi connectivity index (χ0) is 24.5. The minimum absolute atomic E-state index is 0.0961. The molecule has 0 atom stereocenters. The van der Waals surface area contributed by atoms with Crippen molar-refractivity contribution >= 4 is 11.9 Å². The van der Waals surface area contributed by atoms with Crippen molar-refractivity contribution in [1.82, 2.24) is 0 Å². The molecule has 0 saturated carbocycles. The van der Waals surface area contributed by atoms with Crippen molar-refractivity contribution in [3.05, 3.63) is 82.9 Å². The number of methoxy groups -OCH3 is 4. The highest BCUT2D eigenvalue weighted by Crippen LogP contribution is 2.29. The number of hydrogen-bond acceptors (Lipinski definition) is 8.